The van der Waals surface area contributed by atoms with Crippen molar-refractivity contribution in [2.24, 2.45) is 5.73 Å². The van der Waals surface area contributed by atoms with Gasteiger partial charge in [-0.05, 0) is 0 Å². The summed E-state index contributed by atoms with van der Waals surface area (Å²) in [4.78, 5) is 17.0. The third-order valence-corrected chi connectivity index (χ3v) is 0.826. The van der Waals surface area contributed by atoms with Gasteiger partial charge in [0.2, 0.25) is 5.91 Å². The summed E-state index contributed by atoms with van der Waals surface area (Å²) < 4.78 is 0. The number of carbonyl (C=O) groups is 1. The van der Waals surface area contributed by atoms with Crippen LogP contribution in [-0.2, 0) is 4.79 Å². The Balaban J connectivity index is 0.000000187. The standard InChI is InChI=1S/C4H4N2.C3H7NO/c1-2-6-4-3-5-1;1-2-3(4)5/h1-4H;2H2,1H3,(H2,4,5). The molecule has 11 heavy (non-hydrogen) atoms. The molecule has 1 rings (SSSR count). The molecule has 0 saturated carbocycles. The van der Waals surface area contributed by atoms with Crippen molar-refractivity contribution in [3.8, 4) is 0 Å². The number of primary amides is 1. The van der Waals surface area contributed by atoms with Crippen molar-refractivity contribution >= 4 is 5.91 Å². The number of hydrogen-bond acceptors (Lipinski definition) is 3. The Bertz CT molecular complexity index is 161. The molecule has 0 aliphatic heterocycles. The van der Waals surface area contributed by atoms with Crippen LogP contribution in [0, 0.1) is 0 Å². The fourth-order valence-electron chi connectivity index (χ4n) is 0.253. The SMILES string of the molecule is CCC(N)=O.c1cnccn1. The summed E-state index contributed by atoms with van der Waals surface area (Å²) >= 11 is 0. The second-order valence-corrected chi connectivity index (χ2v) is 1.71. The summed E-state index contributed by atoms with van der Waals surface area (Å²) in [6.45, 7) is 1.72. The van der Waals surface area contributed by atoms with Gasteiger partial charge in [-0.25, -0.2) is 0 Å². The molecule has 1 aromatic heterocycles. The first-order chi connectivity index (χ1) is 5.27. The first kappa shape index (κ1) is 9.55. The van der Waals surface area contributed by atoms with Crippen LogP contribution in [0.1, 0.15) is 13.3 Å². The van der Waals surface area contributed by atoms with Crippen molar-refractivity contribution in [2.75, 3.05) is 0 Å². The molecular weight excluding hydrogens is 142 g/mol. The molecule has 0 aliphatic carbocycles. The van der Waals surface area contributed by atoms with Crippen molar-refractivity contribution < 1.29 is 4.79 Å². The minimum absolute atomic E-state index is 0.245. The van der Waals surface area contributed by atoms with Crippen molar-refractivity contribution in [1.82, 2.24) is 9.97 Å². The Morgan fingerprint density at radius 1 is 1.27 bits per heavy atom. The molecule has 0 saturated heterocycles. The second kappa shape index (κ2) is 6.67. The zero-order valence-electron chi connectivity index (χ0n) is 6.40. The van der Waals surface area contributed by atoms with E-state index in [2.05, 4.69) is 15.7 Å². The van der Waals surface area contributed by atoms with Crippen molar-refractivity contribution in [1.29, 1.82) is 0 Å². The minimum Gasteiger partial charge on any atom is -0.370 e. The van der Waals surface area contributed by atoms with Gasteiger partial charge in [-0.2, -0.15) is 0 Å². The van der Waals surface area contributed by atoms with Gasteiger partial charge < -0.3 is 5.73 Å². The summed E-state index contributed by atoms with van der Waals surface area (Å²) in [7, 11) is 0. The van der Waals surface area contributed by atoms with Crippen LogP contribution in [0.15, 0.2) is 24.8 Å². The van der Waals surface area contributed by atoms with E-state index < -0.39 is 0 Å². The lowest BCUT2D eigenvalue weighted by atomic mass is 10.5. The Morgan fingerprint density at radius 3 is 1.64 bits per heavy atom. The predicted molar refractivity (Wildman–Crippen MR) is 41.5 cm³/mol. The van der Waals surface area contributed by atoms with E-state index in [1.54, 1.807) is 31.7 Å². The van der Waals surface area contributed by atoms with E-state index in [4.69, 9.17) is 0 Å². The van der Waals surface area contributed by atoms with Gasteiger partial charge in [0.05, 0.1) is 0 Å². The maximum absolute atomic E-state index is 9.59. The maximum Gasteiger partial charge on any atom is 0.217 e. The number of nitrogens with two attached hydrogens (primary N) is 1. The van der Waals surface area contributed by atoms with Crippen LogP contribution in [0.3, 0.4) is 0 Å². The highest BCUT2D eigenvalue weighted by Gasteiger charge is 1.77. The van der Waals surface area contributed by atoms with Gasteiger partial charge in [-0.3, -0.25) is 14.8 Å². The molecule has 4 heteroatoms. The van der Waals surface area contributed by atoms with E-state index in [-0.39, 0.29) is 5.91 Å². The first-order valence-electron chi connectivity index (χ1n) is 3.25. The molecule has 0 radical (unpaired) electrons. The van der Waals surface area contributed by atoms with Crippen LogP contribution in [0.5, 0.6) is 0 Å². The highest BCUT2D eigenvalue weighted by atomic mass is 16.1. The molecule has 0 spiro atoms. The monoisotopic (exact) mass is 153 g/mol. The first-order valence-corrected chi connectivity index (χ1v) is 3.25. The van der Waals surface area contributed by atoms with Crippen molar-refractivity contribution in [2.45, 2.75) is 13.3 Å². The molecular formula is C7H11N3O. The fraction of sp³-hybridized carbons (Fsp3) is 0.286. The summed E-state index contributed by atoms with van der Waals surface area (Å²) in [5.74, 6) is -0.245. The lowest BCUT2D eigenvalue weighted by molar-refractivity contribution is -0.117. The van der Waals surface area contributed by atoms with Crippen LogP contribution in [-0.4, -0.2) is 15.9 Å². The normalized spacial score (nSPS) is 7.73. The molecule has 0 aromatic carbocycles. The van der Waals surface area contributed by atoms with Gasteiger partial charge in [0, 0.05) is 31.2 Å². The zero-order chi connectivity index (χ0) is 8.53. The lowest BCUT2D eigenvalue weighted by Crippen LogP contribution is -2.06. The predicted octanol–water partition coefficient (Wildman–Crippen LogP) is 0.358. The van der Waals surface area contributed by atoms with Crippen LogP contribution in [0.4, 0.5) is 0 Å². The number of nitrogens with zero attached hydrogens (tertiary/aromatic N) is 2. The van der Waals surface area contributed by atoms with Crippen LogP contribution in [0.2, 0.25) is 0 Å². The molecule has 1 heterocycles. The van der Waals surface area contributed by atoms with Crippen LogP contribution < -0.4 is 5.73 Å². The third-order valence-electron chi connectivity index (χ3n) is 0.826. The maximum atomic E-state index is 9.59. The molecule has 0 fully saturated rings. The lowest BCUT2D eigenvalue weighted by Gasteiger charge is -1.73. The minimum atomic E-state index is -0.245. The molecule has 1 amide bonds. The number of hydrogen-bond donors (Lipinski definition) is 1. The van der Waals surface area contributed by atoms with Gasteiger partial charge in [0.15, 0.2) is 0 Å². The zero-order valence-corrected chi connectivity index (χ0v) is 6.40. The Kier molecular flexibility index (Phi) is 5.79. The third kappa shape index (κ3) is 8.55. The summed E-state index contributed by atoms with van der Waals surface area (Å²) in [6, 6.07) is 0. The molecule has 60 valence electrons. The Labute approximate surface area is 65.5 Å². The van der Waals surface area contributed by atoms with E-state index in [1.807, 2.05) is 0 Å². The van der Waals surface area contributed by atoms with E-state index in [1.165, 1.54) is 0 Å². The molecule has 0 unspecified atom stereocenters. The van der Waals surface area contributed by atoms with E-state index in [9.17, 15) is 4.79 Å². The van der Waals surface area contributed by atoms with Crippen LogP contribution in [0.25, 0.3) is 0 Å². The summed E-state index contributed by atoms with van der Waals surface area (Å²) in [6.07, 6.45) is 7.00. The van der Waals surface area contributed by atoms with Gasteiger partial charge >= 0.3 is 0 Å². The van der Waals surface area contributed by atoms with Gasteiger partial charge in [-0.1, -0.05) is 6.92 Å². The van der Waals surface area contributed by atoms with Crippen molar-refractivity contribution in [3.05, 3.63) is 24.8 Å². The van der Waals surface area contributed by atoms with E-state index >= 15 is 0 Å². The summed E-state index contributed by atoms with van der Waals surface area (Å²) in [5, 5.41) is 0. The number of rotatable bonds is 1. The molecule has 0 atom stereocenters. The van der Waals surface area contributed by atoms with Gasteiger partial charge in [0.1, 0.15) is 0 Å². The number of aromatic nitrogens is 2. The topological polar surface area (TPSA) is 68.9 Å². The molecule has 0 aliphatic rings. The fourth-order valence-corrected chi connectivity index (χ4v) is 0.253. The van der Waals surface area contributed by atoms with E-state index in [0.29, 0.717) is 6.42 Å². The van der Waals surface area contributed by atoms with Gasteiger partial charge in [0.25, 0.3) is 0 Å². The molecule has 1 aromatic rings. The van der Waals surface area contributed by atoms with E-state index in [0.717, 1.165) is 0 Å². The van der Waals surface area contributed by atoms with Crippen LogP contribution >= 0.6 is 0 Å². The quantitative estimate of drug-likeness (QED) is 0.633. The van der Waals surface area contributed by atoms with Gasteiger partial charge in [-0.15, -0.1) is 0 Å². The average Bonchev–Trinajstić information content (AvgIpc) is 2.09. The second-order valence-electron chi connectivity index (χ2n) is 1.71. The Morgan fingerprint density at radius 2 is 1.55 bits per heavy atom. The van der Waals surface area contributed by atoms with Crippen molar-refractivity contribution in [3.63, 3.8) is 0 Å². The number of carbonyl (C=O) groups excluding carboxylic acids is 1. The number of amides is 1. The molecule has 0 bridgehead atoms. The molecule has 4 nitrogen and oxygen atoms in total. The highest BCUT2D eigenvalue weighted by molar-refractivity contribution is 5.73. The Hall–Kier alpha value is -1.45. The largest absolute Gasteiger partial charge is 0.370 e. The molecule has 2 N–H and O–H groups in total. The highest BCUT2D eigenvalue weighted by Crippen LogP contribution is 1.65. The smallest absolute Gasteiger partial charge is 0.217 e. The average molecular weight is 153 g/mol. The summed E-state index contributed by atoms with van der Waals surface area (Å²) in [5.41, 5.74) is 4.65.